The molecule has 1 unspecified atom stereocenters. The zero-order chi connectivity index (χ0) is 10.1. The summed E-state index contributed by atoms with van der Waals surface area (Å²) in [6.45, 7) is 0. The largest absolute Gasteiger partial charge is 0.409 e. The summed E-state index contributed by atoms with van der Waals surface area (Å²) in [5.74, 6) is 4.79. The van der Waals surface area contributed by atoms with Crippen molar-refractivity contribution in [3.63, 3.8) is 0 Å². The Morgan fingerprint density at radius 1 is 1.62 bits per heavy atom. The van der Waals surface area contributed by atoms with Crippen molar-refractivity contribution in [2.45, 2.75) is 12.2 Å². The number of nitrogens with one attached hydrogen (secondary N) is 1. The van der Waals surface area contributed by atoms with Gasteiger partial charge in [0.25, 0.3) is 0 Å². The zero-order valence-electron chi connectivity index (χ0n) is 6.84. The Bertz CT molecular complexity index is 280. The molecule has 0 radical (unpaired) electrons. The van der Waals surface area contributed by atoms with E-state index in [1.807, 2.05) is 0 Å². The van der Waals surface area contributed by atoms with Gasteiger partial charge >= 0.3 is 6.18 Å². The fourth-order valence-electron chi connectivity index (χ4n) is 0.969. The fraction of sp³-hybridized carbons (Fsp3) is 0.500. The van der Waals surface area contributed by atoms with Gasteiger partial charge in [0.15, 0.2) is 0 Å². The van der Waals surface area contributed by atoms with Crippen molar-refractivity contribution < 1.29 is 13.2 Å². The Labute approximate surface area is 72.5 Å². The summed E-state index contributed by atoms with van der Waals surface area (Å²) in [7, 11) is 1.54. The monoisotopic (exact) mass is 194 g/mol. The highest BCUT2D eigenvalue weighted by Gasteiger charge is 2.40. The average Bonchev–Trinajstić information content (AvgIpc) is 2.34. The third-order valence-electron chi connectivity index (χ3n) is 1.55. The van der Waals surface area contributed by atoms with Crippen LogP contribution in [0.2, 0.25) is 0 Å². The molecule has 7 heteroatoms. The molecule has 1 atom stereocenters. The first-order valence-electron chi connectivity index (χ1n) is 3.46. The molecule has 0 amide bonds. The van der Waals surface area contributed by atoms with Crippen LogP contribution >= 0.6 is 0 Å². The number of rotatable bonds is 2. The topological polar surface area (TPSA) is 55.9 Å². The Kier molecular flexibility index (Phi) is 2.58. The number of nitrogens with zero attached hydrogens (tertiary/aromatic N) is 2. The van der Waals surface area contributed by atoms with Crippen molar-refractivity contribution in [1.82, 2.24) is 15.2 Å². The van der Waals surface area contributed by atoms with Gasteiger partial charge in [-0.3, -0.25) is 10.5 Å². The number of hydrazine groups is 1. The molecule has 4 nitrogen and oxygen atoms in total. The van der Waals surface area contributed by atoms with Gasteiger partial charge < -0.3 is 0 Å². The molecule has 0 saturated carbocycles. The highest BCUT2D eigenvalue weighted by atomic mass is 19.4. The van der Waals surface area contributed by atoms with E-state index >= 15 is 0 Å². The van der Waals surface area contributed by atoms with E-state index in [1.165, 1.54) is 17.9 Å². The molecular weight excluding hydrogens is 185 g/mol. The minimum absolute atomic E-state index is 0.00231. The summed E-state index contributed by atoms with van der Waals surface area (Å²) in [6, 6.07) is -1.86. The predicted octanol–water partition coefficient (Wildman–Crippen LogP) is 0.487. The Hall–Kier alpha value is -1.08. The van der Waals surface area contributed by atoms with E-state index in [-0.39, 0.29) is 5.56 Å². The lowest BCUT2D eigenvalue weighted by Gasteiger charge is -2.17. The maximum Gasteiger partial charge on any atom is 0.409 e. The lowest BCUT2D eigenvalue weighted by Crippen LogP contribution is -2.38. The van der Waals surface area contributed by atoms with Crippen molar-refractivity contribution in [2.24, 2.45) is 12.9 Å². The smallest absolute Gasteiger partial charge is 0.275 e. The summed E-state index contributed by atoms with van der Waals surface area (Å²) in [5.41, 5.74) is 1.69. The minimum Gasteiger partial charge on any atom is -0.275 e. The molecule has 0 spiro atoms. The van der Waals surface area contributed by atoms with Crippen LogP contribution in [0.25, 0.3) is 0 Å². The molecule has 0 aliphatic carbocycles. The molecule has 1 heterocycles. The Morgan fingerprint density at radius 2 is 2.23 bits per heavy atom. The molecule has 1 aromatic heterocycles. The molecule has 0 aliphatic rings. The van der Waals surface area contributed by atoms with Gasteiger partial charge in [-0.05, 0) is 0 Å². The van der Waals surface area contributed by atoms with Crippen LogP contribution in [-0.4, -0.2) is 16.0 Å². The summed E-state index contributed by atoms with van der Waals surface area (Å²) in [6.07, 6.45) is -2.02. The van der Waals surface area contributed by atoms with Crippen molar-refractivity contribution >= 4 is 0 Å². The van der Waals surface area contributed by atoms with Gasteiger partial charge in [0, 0.05) is 18.8 Å². The molecule has 1 aromatic rings. The molecule has 1 rings (SSSR count). The van der Waals surface area contributed by atoms with E-state index in [9.17, 15) is 13.2 Å². The van der Waals surface area contributed by atoms with Gasteiger partial charge in [-0.2, -0.15) is 18.3 Å². The molecule has 3 N–H and O–H groups in total. The second-order valence-electron chi connectivity index (χ2n) is 2.59. The van der Waals surface area contributed by atoms with Gasteiger partial charge in [-0.1, -0.05) is 0 Å². The predicted molar refractivity (Wildman–Crippen MR) is 39.3 cm³/mol. The van der Waals surface area contributed by atoms with E-state index in [0.717, 1.165) is 6.20 Å². The van der Waals surface area contributed by atoms with Crippen LogP contribution in [-0.2, 0) is 7.05 Å². The van der Waals surface area contributed by atoms with Gasteiger partial charge in [0.2, 0.25) is 0 Å². The first-order chi connectivity index (χ1) is 5.95. The van der Waals surface area contributed by atoms with Gasteiger partial charge in [0.05, 0.1) is 6.20 Å². The highest BCUT2D eigenvalue weighted by molar-refractivity contribution is 5.11. The SMILES string of the molecule is Cn1cc(C(NN)C(F)(F)F)cn1. The average molecular weight is 194 g/mol. The van der Waals surface area contributed by atoms with E-state index in [1.54, 1.807) is 5.43 Å². The Morgan fingerprint density at radius 3 is 2.54 bits per heavy atom. The van der Waals surface area contributed by atoms with Crippen LogP contribution in [0.4, 0.5) is 13.2 Å². The van der Waals surface area contributed by atoms with E-state index in [4.69, 9.17) is 5.84 Å². The van der Waals surface area contributed by atoms with Crippen LogP contribution in [0.1, 0.15) is 11.6 Å². The number of halogens is 3. The minimum atomic E-state index is -4.40. The van der Waals surface area contributed by atoms with Gasteiger partial charge in [0.1, 0.15) is 6.04 Å². The Balaban J connectivity index is 2.91. The normalized spacial score (nSPS) is 14.5. The summed E-state index contributed by atoms with van der Waals surface area (Å²) >= 11 is 0. The molecule has 0 aromatic carbocycles. The summed E-state index contributed by atoms with van der Waals surface area (Å²) in [5, 5.41) is 3.62. The molecule has 74 valence electrons. The number of hydrogen-bond donors (Lipinski definition) is 2. The number of nitrogens with two attached hydrogens (primary N) is 1. The van der Waals surface area contributed by atoms with E-state index < -0.39 is 12.2 Å². The number of alkyl halides is 3. The van der Waals surface area contributed by atoms with Crippen molar-refractivity contribution in [1.29, 1.82) is 0 Å². The van der Waals surface area contributed by atoms with Gasteiger partial charge in [-0.15, -0.1) is 0 Å². The highest BCUT2D eigenvalue weighted by Crippen LogP contribution is 2.31. The lowest BCUT2D eigenvalue weighted by atomic mass is 10.2. The van der Waals surface area contributed by atoms with Crippen LogP contribution in [0.5, 0.6) is 0 Å². The van der Waals surface area contributed by atoms with Crippen molar-refractivity contribution in [2.75, 3.05) is 0 Å². The first kappa shape index (κ1) is 10.0. The number of aromatic nitrogens is 2. The number of aryl methyl sites for hydroxylation is 1. The zero-order valence-corrected chi connectivity index (χ0v) is 6.84. The second-order valence-corrected chi connectivity index (χ2v) is 2.59. The fourth-order valence-corrected chi connectivity index (χ4v) is 0.969. The summed E-state index contributed by atoms with van der Waals surface area (Å²) < 4.78 is 38.0. The molecule has 0 fully saturated rings. The number of hydrogen-bond acceptors (Lipinski definition) is 3. The maximum absolute atomic E-state index is 12.2. The lowest BCUT2D eigenvalue weighted by molar-refractivity contribution is -0.157. The van der Waals surface area contributed by atoms with Gasteiger partial charge in [-0.25, -0.2) is 5.43 Å². The van der Waals surface area contributed by atoms with E-state index in [2.05, 4.69) is 5.10 Å². The molecule has 0 bridgehead atoms. The van der Waals surface area contributed by atoms with Crippen LogP contribution in [0.3, 0.4) is 0 Å². The molecule has 0 aliphatic heterocycles. The second kappa shape index (κ2) is 3.35. The maximum atomic E-state index is 12.2. The van der Waals surface area contributed by atoms with E-state index in [0.29, 0.717) is 0 Å². The summed E-state index contributed by atoms with van der Waals surface area (Å²) in [4.78, 5) is 0. The third-order valence-corrected chi connectivity index (χ3v) is 1.55. The van der Waals surface area contributed by atoms with Crippen molar-refractivity contribution in [3.05, 3.63) is 18.0 Å². The van der Waals surface area contributed by atoms with Crippen LogP contribution in [0.15, 0.2) is 12.4 Å². The standard InChI is InChI=1S/C6H9F3N4/c1-13-3-4(2-11-13)5(12-10)6(7,8)9/h2-3,5,12H,10H2,1H3. The van der Waals surface area contributed by atoms with Crippen LogP contribution in [0, 0.1) is 0 Å². The van der Waals surface area contributed by atoms with Crippen molar-refractivity contribution in [3.8, 4) is 0 Å². The van der Waals surface area contributed by atoms with Crippen LogP contribution < -0.4 is 11.3 Å². The third kappa shape index (κ3) is 2.19. The molecular formula is C6H9F3N4. The molecule has 0 saturated heterocycles. The quantitative estimate of drug-likeness (QED) is 0.532. The first-order valence-corrected chi connectivity index (χ1v) is 3.46. The molecule has 13 heavy (non-hydrogen) atoms.